The Hall–Kier alpha value is -1.69. The van der Waals surface area contributed by atoms with Crippen molar-refractivity contribution in [2.45, 2.75) is 110 Å². The van der Waals surface area contributed by atoms with E-state index in [1.807, 2.05) is 0 Å². The maximum Gasteiger partial charge on any atom is 0.309 e. The van der Waals surface area contributed by atoms with Gasteiger partial charge in [0.1, 0.15) is 0 Å². The molecule has 0 saturated heterocycles. The molecule has 0 unspecified atom stereocenters. The van der Waals surface area contributed by atoms with Crippen LogP contribution in [-0.4, -0.2) is 22.0 Å². The van der Waals surface area contributed by atoms with E-state index < -0.39 is 5.97 Å². The van der Waals surface area contributed by atoms with Crippen LogP contribution < -0.4 is 5.32 Å². The van der Waals surface area contributed by atoms with Crippen molar-refractivity contribution in [3.63, 3.8) is 0 Å². The lowest BCUT2D eigenvalue weighted by Crippen LogP contribution is -2.11. The van der Waals surface area contributed by atoms with Gasteiger partial charge in [0.2, 0.25) is 5.91 Å². The molecule has 0 radical (unpaired) electrons. The standard InChI is InChI=1S/C24H40N2O3S/c1-2-3-4-5-6-7-8-9-10-11-12-13-14-15-16-17-18-22(27)26-24-25-21(20-30-24)19-23(28)29/h8-9,20H,2-7,10-19H2,1H3,(H,28,29)(H,25,26,27)/b9-8-. The van der Waals surface area contributed by atoms with E-state index in [2.05, 4.69) is 29.4 Å². The fraction of sp³-hybridized carbons (Fsp3) is 0.708. The summed E-state index contributed by atoms with van der Waals surface area (Å²) in [7, 11) is 0. The molecule has 0 saturated carbocycles. The molecule has 1 rings (SSSR count). The molecule has 0 aliphatic carbocycles. The predicted molar refractivity (Wildman–Crippen MR) is 126 cm³/mol. The van der Waals surface area contributed by atoms with Gasteiger partial charge in [0.15, 0.2) is 5.13 Å². The number of carbonyl (C=O) groups excluding carboxylic acids is 1. The third kappa shape index (κ3) is 15.2. The lowest BCUT2D eigenvalue weighted by molar-refractivity contribution is -0.136. The number of unbranched alkanes of at least 4 members (excludes halogenated alkanes) is 12. The van der Waals surface area contributed by atoms with Crippen molar-refractivity contribution in [2.24, 2.45) is 0 Å². The van der Waals surface area contributed by atoms with Crippen molar-refractivity contribution in [3.05, 3.63) is 23.2 Å². The van der Waals surface area contributed by atoms with Gasteiger partial charge in [-0.3, -0.25) is 9.59 Å². The second kappa shape index (κ2) is 18.1. The van der Waals surface area contributed by atoms with Crippen LogP contribution in [0.2, 0.25) is 0 Å². The van der Waals surface area contributed by atoms with Gasteiger partial charge in [-0.05, 0) is 32.1 Å². The zero-order valence-corrected chi connectivity index (χ0v) is 19.5. The molecule has 6 heteroatoms. The zero-order valence-electron chi connectivity index (χ0n) is 18.7. The van der Waals surface area contributed by atoms with Gasteiger partial charge in [-0.2, -0.15) is 0 Å². The second-order valence-corrected chi connectivity index (χ2v) is 8.81. The third-order valence-corrected chi connectivity index (χ3v) is 5.85. The average molecular weight is 437 g/mol. The number of nitrogens with zero attached hydrogens (tertiary/aromatic N) is 1. The molecule has 0 aliphatic rings. The predicted octanol–water partition coefficient (Wildman–Crippen LogP) is 7.14. The Morgan fingerprint density at radius 3 is 2.10 bits per heavy atom. The minimum Gasteiger partial charge on any atom is -0.481 e. The van der Waals surface area contributed by atoms with Crippen molar-refractivity contribution in [2.75, 3.05) is 5.32 Å². The molecule has 0 fully saturated rings. The molecular weight excluding hydrogens is 396 g/mol. The number of carbonyl (C=O) groups is 2. The van der Waals surface area contributed by atoms with E-state index in [0.717, 1.165) is 12.8 Å². The van der Waals surface area contributed by atoms with Crippen LogP contribution in [-0.2, 0) is 16.0 Å². The van der Waals surface area contributed by atoms with Gasteiger partial charge < -0.3 is 10.4 Å². The van der Waals surface area contributed by atoms with Crippen molar-refractivity contribution in [3.8, 4) is 0 Å². The van der Waals surface area contributed by atoms with Crippen LogP contribution >= 0.6 is 11.3 Å². The summed E-state index contributed by atoms with van der Waals surface area (Å²) in [5.41, 5.74) is 0.487. The Balaban J connectivity index is 1.88. The number of hydrogen-bond acceptors (Lipinski definition) is 4. The largest absolute Gasteiger partial charge is 0.481 e. The summed E-state index contributed by atoms with van der Waals surface area (Å²) < 4.78 is 0. The number of rotatable bonds is 19. The highest BCUT2D eigenvalue weighted by Crippen LogP contribution is 2.17. The second-order valence-electron chi connectivity index (χ2n) is 7.95. The summed E-state index contributed by atoms with van der Waals surface area (Å²) in [5, 5.41) is 13.7. The Morgan fingerprint density at radius 2 is 1.50 bits per heavy atom. The SMILES string of the molecule is CCCCCCC/C=C\CCCCCCCCCC(=O)Nc1nc(CC(=O)O)cs1. The molecule has 170 valence electrons. The molecule has 0 atom stereocenters. The van der Waals surface area contributed by atoms with Crippen molar-refractivity contribution in [1.29, 1.82) is 0 Å². The highest BCUT2D eigenvalue weighted by molar-refractivity contribution is 7.13. The highest BCUT2D eigenvalue weighted by Gasteiger charge is 2.08. The molecule has 1 aromatic rings. The van der Waals surface area contributed by atoms with Gasteiger partial charge in [0.25, 0.3) is 0 Å². The minimum atomic E-state index is -0.914. The molecule has 30 heavy (non-hydrogen) atoms. The van der Waals surface area contributed by atoms with E-state index in [1.54, 1.807) is 5.38 Å². The number of allylic oxidation sites excluding steroid dienone is 2. The normalized spacial score (nSPS) is 11.2. The fourth-order valence-corrected chi connectivity index (χ4v) is 4.04. The van der Waals surface area contributed by atoms with Crippen molar-refractivity contribution >= 4 is 28.3 Å². The minimum absolute atomic E-state index is 0.0385. The first-order chi connectivity index (χ1) is 14.6. The van der Waals surface area contributed by atoms with E-state index in [1.165, 1.54) is 88.4 Å². The number of aromatic nitrogens is 1. The molecule has 2 N–H and O–H groups in total. The molecule has 0 aromatic carbocycles. The first-order valence-corrected chi connectivity index (χ1v) is 12.6. The van der Waals surface area contributed by atoms with Crippen molar-refractivity contribution < 1.29 is 14.7 Å². The number of nitrogens with one attached hydrogen (secondary N) is 1. The van der Waals surface area contributed by atoms with Crippen LogP contribution in [0.4, 0.5) is 5.13 Å². The van der Waals surface area contributed by atoms with Gasteiger partial charge in [-0.1, -0.05) is 76.9 Å². The Labute approximate surface area is 186 Å². The number of thiazole rings is 1. The Kier molecular flexibility index (Phi) is 15.9. The molecule has 0 bridgehead atoms. The fourth-order valence-electron chi connectivity index (χ4n) is 3.32. The Morgan fingerprint density at radius 1 is 0.933 bits per heavy atom. The highest BCUT2D eigenvalue weighted by atomic mass is 32.1. The quantitative estimate of drug-likeness (QED) is 0.178. The first-order valence-electron chi connectivity index (χ1n) is 11.7. The number of carboxylic acid groups (broad SMARTS) is 1. The summed E-state index contributed by atoms with van der Waals surface area (Å²) in [5.74, 6) is -0.953. The monoisotopic (exact) mass is 436 g/mol. The van der Waals surface area contributed by atoms with Gasteiger partial charge in [-0.15, -0.1) is 11.3 Å². The number of hydrogen-bond donors (Lipinski definition) is 2. The number of aliphatic carboxylic acids is 1. The van der Waals surface area contributed by atoms with Crippen LogP contribution in [0.3, 0.4) is 0 Å². The number of amides is 1. The van der Waals surface area contributed by atoms with Gasteiger partial charge in [-0.25, -0.2) is 4.98 Å². The topological polar surface area (TPSA) is 79.3 Å². The lowest BCUT2D eigenvalue weighted by atomic mass is 10.1. The summed E-state index contributed by atoms with van der Waals surface area (Å²) in [4.78, 5) is 26.7. The molecule has 0 spiro atoms. The molecule has 5 nitrogen and oxygen atoms in total. The number of anilines is 1. The maximum atomic E-state index is 11.9. The van der Waals surface area contributed by atoms with Crippen LogP contribution in [0.15, 0.2) is 17.5 Å². The summed E-state index contributed by atoms with van der Waals surface area (Å²) >= 11 is 1.27. The van der Waals surface area contributed by atoms with E-state index >= 15 is 0 Å². The molecule has 1 heterocycles. The first kappa shape index (κ1) is 26.3. The smallest absolute Gasteiger partial charge is 0.309 e. The molecule has 1 aromatic heterocycles. The van der Waals surface area contributed by atoms with Crippen LogP contribution in [0.1, 0.15) is 109 Å². The van der Waals surface area contributed by atoms with Crippen molar-refractivity contribution in [1.82, 2.24) is 4.98 Å². The van der Waals surface area contributed by atoms with Gasteiger partial charge in [0, 0.05) is 11.8 Å². The summed E-state index contributed by atoms with van der Waals surface area (Å²) in [6.45, 7) is 2.26. The van der Waals surface area contributed by atoms with E-state index in [-0.39, 0.29) is 12.3 Å². The van der Waals surface area contributed by atoms with Crippen LogP contribution in [0.25, 0.3) is 0 Å². The lowest BCUT2D eigenvalue weighted by Gasteiger charge is -2.03. The third-order valence-electron chi connectivity index (χ3n) is 5.05. The molecule has 1 amide bonds. The van der Waals surface area contributed by atoms with E-state index in [4.69, 9.17) is 5.11 Å². The van der Waals surface area contributed by atoms with Crippen LogP contribution in [0, 0.1) is 0 Å². The number of carboxylic acids is 1. The van der Waals surface area contributed by atoms with E-state index in [9.17, 15) is 9.59 Å². The van der Waals surface area contributed by atoms with E-state index in [0.29, 0.717) is 17.2 Å². The van der Waals surface area contributed by atoms with Gasteiger partial charge in [0.05, 0.1) is 12.1 Å². The average Bonchev–Trinajstić information content (AvgIpc) is 3.13. The molecular formula is C24H40N2O3S. The molecule has 0 aliphatic heterocycles. The Bertz CT molecular complexity index is 613. The zero-order chi connectivity index (χ0) is 21.9. The maximum absolute atomic E-state index is 11.9. The van der Waals surface area contributed by atoms with Gasteiger partial charge >= 0.3 is 5.97 Å². The summed E-state index contributed by atoms with van der Waals surface area (Å²) in [6, 6.07) is 0. The van der Waals surface area contributed by atoms with Crippen LogP contribution in [0.5, 0.6) is 0 Å². The summed E-state index contributed by atoms with van der Waals surface area (Å²) in [6.07, 6.45) is 22.6.